The standard InChI is InChI=1S/C14H16N6OS/c1-7-16-10(6-22-7)11-9(5-21-2)17-13-12-8(3-4-20(11)12)18-14(15)19-13/h3-4,6,9,11H,5H2,1-2H3,(H3,15,17,18,19)/t9?,11-/m1/s1. The van der Waals surface area contributed by atoms with Crippen molar-refractivity contribution in [3.05, 3.63) is 28.3 Å². The van der Waals surface area contributed by atoms with Gasteiger partial charge in [-0.1, -0.05) is 0 Å². The van der Waals surface area contributed by atoms with Crippen molar-refractivity contribution in [3.63, 3.8) is 0 Å². The number of ether oxygens (including phenoxy) is 1. The topological polar surface area (TPSA) is 90.9 Å². The highest BCUT2D eigenvalue weighted by Gasteiger charge is 2.33. The summed E-state index contributed by atoms with van der Waals surface area (Å²) in [5.41, 5.74) is 8.61. The Kier molecular flexibility index (Phi) is 3.02. The number of nitrogens with zero attached hydrogens (tertiary/aromatic N) is 4. The van der Waals surface area contributed by atoms with Gasteiger partial charge in [0.15, 0.2) is 5.82 Å². The van der Waals surface area contributed by atoms with Crippen LogP contribution in [0.4, 0.5) is 11.8 Å². The van der Waals surface area contributed by atoms with Crippen LogP contribution < -0.4 is 11.1 Å². The molecule has 0 bridgehead atoms. The number of hydrogen-bond acceptors (Lipinski definition) is 7. The zero-order valence-electron chi connectivity index (χ0n) is 12.3. The summed E-state index contributed by atoms with van der Waals surface area (Å²) in [6.45, 7) is 2.56. The van der Waals surface area contributed by atoms with Crippen LogP contribution in [-0.4, -0.2) is 39.3 Å². The monoisotopic (exact) mass is 316 g/mol. The fraction of sp³-hybridized carbons (Fsp3) is 0.357. The zero-order chi connectivity index (χ0) is 15.3. The van der Waals surface area contributed by atoms with E-state index >= 15 is 0 Å². The molecule has 3 aromatic rings. The summed E-state index contributed by atoms with van der Waals surface area (Å²) in [7, 11) is 1.69. The lowest BCUT2D eigenvalue weighted by Crippen LogP contribution is -2.39. The molecule has 3 aromatic heterocycles. The number of nitrogens with two attached hydrogens (primary N) is 1. The Hall–Kier alpha value is -2.19. The molecule has 0 radical (unpaired) electrons. The molecule has 0 spiro atoms. The molecule has 0 aliphatic carbocycles. The van der Waals surface area contributed by atoms with Gasteiger partial charge in [-0.15, -0.1) is 11.3 Å². The minimum atomic E-state index is 0.0314. The predicted octanol–water partition coefficient (Wildman–Crippen LogP) is 1.81. The third kappa shape index (κ3) is 1.95. The molecule has 0 aromatic carbocycles. The summed E-state index contributed by atoms with van der Waals surface area (Å²) in [6.07, 6.45) is 2.02. The zero-order valence-corrected chi connectivity index (χ0v) is 13.1. The Morgan fingerprint density at radius 3 is 3.00 bits per heavy atom. The van der Waals surface area contributed by atoms with Crippen LogP contribution in [0.1, 0.15) is 16.7 Å². The summed E-state index contributed by atoms with van der Waals surface area (Å²) in [5, 5.41) is 6.58. The van der Waals surface area contributed by atoms with E-state index in [0.29, 0.717) is 6.61 Å². The molecular weight excluding hydrogens is 300 g/mol. The molecule has 1 unspecified atom stereocenters. The third-order valence-electron chi connectivity index (χ3n) is 3.87. The summed E-state index contributed by atoms with van der Waals surface area (Å²) in [5.74, 6) is 1.02. The minimum Gasteiger partial charge on any atom is -0.382 e. The molecule has 8 heteroatoms. The number of methoxy groups -OCH3 is 1. The largest absolute Gasteiger partial charge is 0.382 e. The maximum absolute atomic E-state index is 5.79. The second-order valence-corrected chi connectivity index (χ2v) is 6.39. The van der Waals surface area contributed by atoms with Crippen LogP contribution in [0.15, 0.2) is 17.6 Å². The number of nitrogen functional groups attached to an aromatic ring is 1. The van der Waals surface area contributed by atoms with Gasteiger partial charge in [0.05, 0.1) is 34.9 Å². The van der Waals surface area contributed by atoms with Crippen molar-refractivity contribution in [2.24, 2.45) is 0 Å². The van der Waals surface area contributed by atoms with Gasteiger partial charge in [0.2, 0.25) is 5.95 Å². The van der Waals surface area contributed by atoms with Crippen LogP contribution in [0.3, 0.4) is 0 Å². The van der Waals surface area contributed by atoms with E-state index in [1.165, 1.54) is 0 Å². The molecule has 2 atom stereocenters. The maximum atomic E-state index is 5.79. The number of hydrogen-bond donors (Lipinski definition) is 2. The Morgan fingerprint density at radius 1 is 1.41 bits per heavy atom. The highest BCUT2D eigenvalue weighted by atomic mass is 32.1. The molecule has 22 heavy (non-hydrogen) atoms. The van der Waals surface area contributed by atoms with E-state index in [1.807, 2.05) is 19.2 Å². The number of nitrogens with one attached hydrogen (secondary N) is 1. The molecule has 7 nitrogen and oxygen atoms in total. The first kappa shape index (κ1) is 13.5. The second kappa shape index (κ2) is 4.92. The fourth-order valence-corrected chi connectivity index (χ4v) is 3.69. The molecule has 4 rings (SSSR count). The Bertz CT molecular complexity index is 841. The molecule has 0 fully saturated rings. The number of aromatic nitrogens is 4. The van der Waals surface area contributed by atoms with E-state index < -0.39 is 0 Å². The van der Waals surface area contributed by atoms with Crippen molar-refractivity contribution < 1.29 is 4.74 Å². The smallest absolute Gasteiger partial charge is 0.222 e. The molecule has 4 heterocycles. The maximum Gasteiger partial charge on any atom is 0.222 e. The van der Waals surface area contributed by atoms with E-state index in [1.54, 1.807) is 18.4 Å². The van der Waals surface area contributed by atoms with Crippen molar-refractivity contribution in [2.75, 3.05) is 24.8 Å². The lowest BCUT2D eigenvalue weighted by molar-refractivity contribution is 0.171. The van der Waals surface area contributed by atoms with Crippen LogP contribution in [0, 0.1) is 6.92 Å². The van der Waals surface area contributed by atoms with Gasteiger partial charge < -0.3 is 20.4 Å². The summed E-state index contributed by atoms with van der Waals surface area (Å²) in [4.78, 5) is 13.3. The van der Waals surface area contributed by atoms with Crippen molar-refractivity contribution in [2.45, 2.75) is 19.0 Å². The Balaban J connectivity index is 1.92. The van der Waals surface area contributed by atoms with Crippen molar-refractivity contribution in [1.29, 1.82) is 0 Å². The van der Waals surface area contributed by atoms with Gasteiger partial charge in [0.1, 0.15) is 5.52 Å². The van der Waals surface area contributed by atoms with Gasteiger partial charge in [-0.3, -0.25) is 0 Å². The van der Waals surface area contributed by atoms with E-state index in [0.717, 1.165) is 27.6 Å². The molecule has 114 valence electrons. The van der Waals surface area contributed by atoms with Gasteiger partial charge >= 0.3 is 0 Å². The van der Waals surface area contributed by atoms with Gasteiger partial charge in [-0.2, -0.15) is 4.98 Å². The molecule has 0 saturated heterocycles. The van der Waals surface area contributed by atoms with Gasteiger partial charge in [0, 0.05) is 18.7 Å². The fourth-order valence-electron chi connectivity index (χ4n) is 3.04. The summed E-state index contributed by atoms with van der Waals surface area (Å²) >= 11 is 1.65. The normalized spacial score (nSPS) is 20.3. The first-order chi connectivity index (χ1) is 10.7. The van der Waals surface area contributed by atoms with Crippen LogP contribution in [0.2, 0.25) is 0 Å². The van der Waals surface area contributed by atoms with Crippen LogP contribution in [0.25, 0.3) is 11.0 Å². The average molecular weight is 316 g/mol. The lowest BCUT2D eigenvalue weighted by atomic mass is 10.0. The number of rotatable bonds is 3. The first-order valence-electron chi connectivity index (χ1n) is 6.99. The molecule has 1 aliphatic heterocycles. The Labute approximate surface area is 131 Å². The number of thiazole rings is 1. The van der Waals surface area contributed by atoms with Crippen molar-refractivity contribution in [1.82, 2.24) is 19.5 Å². The molecule has 1 aliphatic rings. The number of anilines is 2. The number of aryl methyl sites for hydroxylation is 1. The van der Waals surface area contributed by atoms with Crippen LogP contribution in [0.5, 0.6) is 0 Å². The molecule has 3 N–H and O–H groups in total. The quantitative estimate of drug-likeness (QED) is 0.766. The van der Waals surface area contributed by atoms with Crippen LogP contribution in [-0.2, 0) is 4.74 Å². The van der Waals surface area contributed by atoms with Crippen LogP contribution >= 0.6 is 11.3 Å². The van der Waals surface area contributed by atoms with Gasteiger partial charge in [-0.25, -0.2) is 9.97 Å². The first-order valence-corrected chi connectivity index (χ1v) is 7.87. The second-order valence-electron chi connectivity index (χ2n) is 5.33. The predicted molar refractivity (Wildman–Crippen MR) is 86.2 cm³/mol. The van der Waals surface area contributed by atoms with Crippen molar-refractivity contribution in [3.8, 4) is 0 Å². The highest BCUT2D eigenvalue weighted by molar-refractivity contribution is 7.09. The third-order valence-corrected chi connectivity index (χ3v) is 4.66. The lowest BCUT2D eigenvalue weighted by Gasteiger charge is -2.33. The summed E-state index contributed by atoms with van der Waals surface area (Å²) < 4.78 is 7.55. The van der Waals surface area contributed by atoms with Gasteiger partial charge in [0.25, 0.3) is 0 Å². The molecule has 0 amide bonds. The van der Waals surface area contributed by atoms with E-state index in [4.69, 9.17) is 10.5 Å². The highest BCUT2D eigenvalue weighted by Crippen LogP contribution is 2.36. The average Bonchev–Trinajstić information content (AvgIpc) is 3.07. The van der Waals surface area contributed by atoms with E-state index in [2.05, 4.69) is 30.2 Å². The SMILES string of the molecule is COCC1Nc2nc(N)nc3ccn(c23)[C@H]1c1csc(C)n1. The van der Waals surface area contributed by atoms with E-state index in [9.17, 15) is 0 Å². The minimum absolute atomic E-state index is 0.0314. The molecule has 0 saturated carbocycles. The van der Waals surface area contributed by atoms with Crippen molar-refractivity contribution >= 4 is 34.1 Å². The van der Waals surface area contributed by atoms with Gasteiger partial charge in [-0.05, 0) is 13.0 Å². The summed E-state index contributed by atoms with van der Waals surface area (Å²) in [6, 6.07) is 2.03. The Morgan fingerprint density at radius 2 is 2.27 bits per heavy atom. The van der Waals surface area contributed by atoms with E-state index in [-0.39, 0.29) is 18.0 Å². The molecular formula is C14H16N6OS.